The van der Waals surface area contributed by atoms with Crippen molar-refractivity contribution in [2.75, 3.05) is 27.4 Å². The molecule has 0 aromatic heterocycles. The van der Waals surface area contributed by atoms with Gasteiger partial charge in [0.2, 0.25) is 11.8 Å². The lowest BCUT2D eigenvalue weighted by atomic mass is 10.1. The van der Waals surface area contributed by atoms with Gasteiger partial charge >= 0.3 is 0 Å². The number of methoxy groups -OCH3 is 2. The van der Waals surface area contributed by atoms with Crippen LogP contribution in [0.25, 0.3) is 0 Å². The third kappa shape index (κ3) is 4.61. The number of nitrogens with one attached hydrogen (secondary N) is 1. The summed E-state index contributed by atoms with van der Waals surface area (Å²) >= 11 is 0. The van der Waals surface area contributed by atoms with E-state index in [0.717, 1.165) is 11.1 Å². The van der Waals surface area contributed by atoms with Crippen LogP contribution in [0, 0.1) is 0 Å². The van der Waals surface area contributed by atoms with Crippen molar-refractivity contribution < 1.29 is 23.8 Å². The predicted octanol–water partition coefficient (Wildman–Crippen LogP) is 1.75. The minimum atomic E-state index is -0.697. The summed E-state index contributed by atoms with van der Waals surface area (Å²) < 4.78 is 16.0. The van der Waals surface area contributed by atoms with E-state index < -0.39 is 6.04 Å². The van der Waals surface area contributed by atoms with Crippen molar-refractivity contribution in [3.05, 3.63) is 59.7 Å². The van der Waals surface area contributed by atoms with Gasteiger partial charge in [0.05, 0.1) is 27.4 Å². The number of carbonyl (C=O) groups is 2. The van der Waals surface area contributed by atoms with Gasteiger partial charge in [0.1, 0.15) is 24.1 Å². The van der Waals surface area contributed by atoms with Crippen LogP contribution < -0.4 is 14.8 Å². The highest BCUT2D eigenvalue weighted by molar-refractivity contribution is 5.89. The summed E-state index contributed by atoms with van der Waals surface area (Å²) in [6, 6.07) is 14.3. The summed E-state index contributed by atoms with van der Waals surface area (Å²) in [6.45, 7) is 0.759. The topological polar surface area (TPSA) is 77.1 Å². The molecule has 1 heterocycles. The third-order valence-electron chi connectivity index (χ3n) is 4.64. The fourth-order valence-corrected chi connectivity index (χ4v) is 3.09. The molecule has 1 aliphatic rings. The standard InChI is InChI=1S/C21H24N2O5/c1-26-17-9-8-16(19(10-17)27-2)12-23-18(13-28-14-20(23)24)21(25)22-11-15-6-4-3-5-7-15/h3-10,18H,11-14H2,1-2H3,(H,22,25). The Bertz CT molecular complexity index is 825. The number of ether oxygens (including phenoxy) is 3. The number of rotatable bonds is 7. The first kappa shape index (κ1) is 19.7. The highest BCUT2D eigenvalue weighted by atomic mass is 16.5. The van der Waals surface area contributed by atoms with Gasteiger partial charge in [-0.1, -0.05) is 30.3 Å². The number of carbonyl (C=O) groups excluding carboxylic acids is 2. The Kier molecular flexibility index (Phi) is 6.49. The molecule has 28 heavy (non-hydrogen) atoms. The molecular weight excluding hydrogens is 360 g/mol. The van der Waals surface area contributed by atoms with Crippen LogP contribution >= 0.6 is 0 Å². The molecule has 0 spiro atoms. The summed E-state index contributed by atoms with van der Waals surface area (Å²) in [5.41, 5.74) is 1.78. The molecule has 1 aliphatic heterocycles. The van der Waals surface area contributed by atoms with Gasteiger partial charge in [0, 0.05) is 18.2 Å². The molecule has 0 radical (unpaired) electrons. The minimum Gasteiger partial charge on any atom is -0.497 e. The van der Waals surface area contributed by atoms with Crippen LogP contribution in [0.2, 0.25) is 0 Å². The molecule has 7 nitrogen and oxygen atoms in total. The molecule has 2 amide bonds. The predicted molar refractivity (Wildman–Crippen MR) is 103 cm³/mol. The molecule has 2 aromatic rings. The maximum absolute atomic E-state index is 12.7. The normalized spacial score (nSPS) is 16.6. The molecule has 1 saturated heterocycles. The van der Waals surface area contributed by atoms with E-state index in [9.17, 15) is 9.59 Å². The lowest BCUT2D eigenvalue weighted by Gasteiger charge is -2.34. The molecular formula is C21H24N2O5. The Morgan fingerprint density at radius 2 is 1.96 bits per heavy atom. The molecule has 1 N–H and O–H groups in total. The summed E-state index contributed by atoms with van der Waals surface area (Å²) in [4.78, 5) is 26.7. The third-order valence-corrected chi connectivity index (χ3v) is 4.64. The van der Waals surface area contributed by atoms with Crippen molar-refractivity contribution >= 4 is 11.8 Å². The van der Waals surface area contributed by atoms with Crippen LogP contribution in [0.3, 0.4) is 0 Å². The van der Waals surface area contributed by atoms with E-state index in [1.807, 2.05) is 36.4 Å². The van der Waals surface area contributed by atoms with E-state index >= 15 is 0 Å². The smallest absolute Gasteiger partial charge is 0.249 e. The molecule has 3 rings (SSSR count). The maximum atomic E-state index is 12.7. The van der Waals surface area contributed by atoms with E-state index in [2.05, 4.69) is 5.32 Å². The quantitative estimate of drug-likeness (QED) is 0.787. The highest BCUT2D eigenvalue weighted by Gasteiger charge is 2.34. The van der Waals surface area contributed by atoms with Gasteiger partial charge in [0.25, 0.3) is 0 Å². The average Bonchev–Trinajstić information content (AvgIpc) is 2.74. The van der Waals surface area contributed by atoms with Crippen molar-refractivity contribution in [1.82, 2.24) is 10.2 Å². The van der Waals surface area contributed by atoms with Crippen molar-refractivity contribution in [3.63, 3.8) is 0 Å². The lowest BCUT2D eigenvalue weighted by Crippen LogP contribution is -2.55. The summed E-state index contributed by atoms with van der Waals surface area (Å²) in [5.74, 6) is 0.779. The Morgan fingerprint density at radius 3 is 2.68 bits per heavy atom. The van der Waals surface area contributed by atoms with Crippen LogP contribution in [0.1, 0.15) is 11.1 Å². The van der Waals surface area contributed by atoms with Crippen molar-refractivity contribution in [1.29, 1.82) is 0 Å². The number of hydrogen-bond donors (Lipinski definition) is 1. The van der Waals surface area contributed by atoms with Gasteiger partial charge < -0.3 is 24.4 Å². The molecule has 0 saturated carbocycles. The number of hydrogen-bond acceptors (Lipinski definition) is 5. The number of benzene rings is 2. The van der Waals surface area contributed by atoms with Gasteiger partial charge in [-0.15, -0.1) is 0 Å². The van der Waals surface area contributed by atoms with Gasteiger partial charge in [-0.2, -0.15) is 0 Å². The lowest BCUT2D eigenvalue weighted by molar-refractivity contribution is -0.155. The molecule has 1 unspecified atom stereocenters. The zero-order valence-electron chi connectivity index (χ0n) is 16.0. The van der Waals surface area contributed by atoms with E-state index in [4.69, 9.17) is 14.2 Å². The molecule has 2 aromatic carbocycles. The van der Waals surface area contributed by atoms with Crippen LogP contribution in [-0.4, -0.2) is 50.2 Å². The average molecular weight is 384 g/mol. The van der Waals surface area contributed by atoms with E-state index in [1.165, 1.54) is 4.90 Å². The maximum Gasteiger partial charge on any atom is 0.249 e. The fraction of sp³-hybridized carbons (Fsp3) is 0.333. The zero-order chi connectivity index (χ0) is 19.9. The number of morpholine rings is 1. The first-order valence-corrected chi connectivity index (χ1v) is 9.02. The van der Waals surface area contributed by atoms with Gasteiger partial charge in [0.15, 0.2) is 0 Å². The fourth-order valence-electron chi connectivity index (χ4n) is 3.09. The van der Waals surface area contributed by atoms with E-state index in [-0.39, 0.29) is 31.6 Å². The van der Waals surface area contributed by atoms with Crippen LogP contribution in [0.4, 0.5) is 0 Å². The largest absolute Gasteiger partial charge is 0.497 e. The van der Waals surface area contributed by atoms with Crippen LogP contribution in [0.15, 0.2) is 48.5 Å². The molecule has 1 fully saturated rings. The second kappa shape index (κ2) is 9.23. The van der Waals surface area contributed by atoms with Crippen LogP contribution in [-0.2, 0) is 27.4 Å². The highest BCUT2D eigenvalue weighted by Crippen LogP contribution is 2.27. The van der Waals surface area contributed by atoms with Crippen LogP contribution in [0.5, 0.6) is 11.5 Å². The first-order chi connectivity index (χ1) is 13.6. The van der Waals surface area contributed by atoms with E-state index in [1.54, 1.807) is 26.4 Å². The molecule has 1 atom stereocenters. The Morgan fingerprint density at radius 1 is 1.18 bits per heavy atom. The van der Waals surface area contributed by atoms with Crippen molar-refractivity contribution in [2.24, 2.45) is 0 Å². The second-order valence-corrected chi connectivity index (χ2v) is 6.43. The molecule has 7 heteroatoms. The summed E-state index contributed by atoms with van der Waals surface area (Å²) in [7, 11) is 3.14. The molecule has 0 bridgehead atoms. The Hall–Kier alpha value is -3.06. The SMILES string of the molecule is COc1ccc(CN2C(=O)COCC2C(=O)NCc2ccccc2)c(OC)c1. The Labute approximate surface area is 164 Å². The number of nitrogens with zero attached hydrogens (tertiary/aromatic N) is 1. The van der Waals surface area contributed by atoms with Crippen molar-refractivity contribution in [2.45, 2.75) is 19.1 Å². The monoisotopic (exact) mass is 384 g/mol. The zero-order valence-corrected chi connectivity index (χ0v) is 16.0. The van der Waals surface area contributed by atoms with E-state index in [0.29, 0.717) is 18.0 Å². The second-order valence-electron chi connectivity index (χ2n) is 6.43. The summed E-state index contributed by atoms with van der Waals surface area (Å²) in [6.07, 6.45) is 0. The van der Waals surface area contributed by atoms with Gasteiger partial charge in [-0.25, -0.2) is 0 Å². The summed E-state index contributed by atoms with van der Waals surface area (Å²) in [5, 5.41) is 2.89. The molecule has 148 valence electrons. The van der Waals surface area contributed by atoms with Gasteiger partial charge in [-0.05, 0) is 17.7 Å². The Balaban J connectivity index is 1.73. The molecule has 0 aliphatic carbocycles. The number of amides is 2. The first-order valence-electron chi connectivity index (χ1n) is 9.02. The van der Waals surface area contributed by atoms with Gasteiger partial charge in [-0.3, -0.25) is 9.59 Å². The van der Waals surface area contributed by atoms with Crippen molar-refractivity contribution in [3.8, 4) is 11.5 Å². The minimum absolute atomic E-state index is 0.0407.